The molecule has 5 nitrogen and oxygen atoms in total. The van der Waals surface area contributed by atoms with Crippen molar-refractivity contribution in [2.75, 3.05) is 11.9 Å². The van der Waals surface area contributed by atoms with Gasteiger partial charge in [0.1, 0.15) is 0 Å². The third-order valence-electron chi connectivity index (χ3n) is 3.01. The number of halogens is 2. The topological polar surface area (TPSA) is 62.7 Å². The van der Waals surface area contributed by atoms with E-state index in [1.54, 1.807) is 49.4 Å². The molecular formula is C17H15Cl2N3O2S. The van der Waals surface area contributed by atoms with Gasteiger partial charge in [-0.2, -0.15) is 5.10 Å². The zero-order valence-corrected chi connectivity index (χ0v) is 15.6. The van der Waals surface area contributed by atoms with Gasteiger partial charge in [-0.1, -0.05) is 29.3 Å². The Bertz CT molecular complexity index is 775. The molecule has 0 bridgehead atoms. The summed E-state index contributed by atoms with van der Waals surface area (Å²) < 4.78 is 4.93. The van der Waals surface area contributed by atoms with Crippen LogP contribution in [0.2, 0.25) is 10.0 Å². The Kier molecular flexibility index (Phi) is 7.18. The lowest BCUT2D eigenvalue weighted by molar-refractivity contribution is 0.0526. The normalized spacial score (nSPS) is 10.5. The van der Waals surface area contributed by atoms with Crippen LogP contribution in [-0.4, -0.2) is 23.9 Å². The van der Waals surface area contributed by atoms with Crippen molar-refractivity contribution in [2.24, 2.45) is 5.10 Å². The van der Waals surface area contributed by atoms with Gasteiger partial charge in [0.05, 0.1) is 28.4 Å². The zero-order valence-electron chi connectivity index (χ0n) is 13.3. The zero-order chi connectivity index (χ0) is 18.2. The van der Waals surface area contributed by atoms with Crippen molar-refractivity contribution in [2.45, 2.75) is 6.92 Å². The van der Waals surface area contributed by atoms with Gasteiger partial charge in [0.25, 0.3) is 0 Å². The number of nitrogens with zero attached hydrogens (tertiary/aromatic N) is 1. The highest BCUT2D eigenvalue weighted by Crippen LogP contribution is 2.22. The maximum absolute atomic E-state index is 11.6. The van der Waals surface area contributed by atoms with Gasteiger partial charge in [-0.05, 0) is 55.5 Å². The quantitative estimate of drug-likeness (QED) is 0.338. The molecule has 0 aliphatic carbocycles. The summed E-state index contributed by atoms with van der Waals surface area (Å²) in [5.41, 5.74) is 4.44. The fourth-order valence-electron chi connectivity index (χ4n) is 1.85. The van der Waals surface area contributed by atoms with Crippen molar-refractivity contribution < 1.29 is 9.53 Å². The Morgan fingerprint density at radius 2 is 1.84 bits per heavy atom. The molecule has 25 heavy (non-hydrogen) atoms. The highest BCUT2D eigenvalue weighted by atomic mass is 35.5. The predicted molar refractivity (Wildman–Crippen MR) is 106 cm³/mol. The summed E-state index contributed by atoms with van der Waals surface area (Å²) in [6, 6.07) is 11.9. The van der Waals surface area contributed by atoms with Crippen LogP contribution in [-0.2, 0) is 4.74 Å². The van der Waals surface area contributed by atoms with Gasteiger partial charge >= 0.3 is 5.97 Å². The molecule has 0 spiro atoms. The van der Waals surface area contributed by atoms with Crippen molar-refractivity contribution in [3.8, 4) is 0 Å². The Morgan fingerprint density at radius 3 is 2.44 bits per heavy atom. The number of anilines is 1. The summed E-state index contributed by atoms with van der Waals surface area (Å²) in [6.07, 6.45) is 1.49. The lowest BCUT2D eigenvalue weighted by Crippen LogP contribution is -2.23. The number of thiocarbonyl (C=S) groups is 1. The average molecular weight is 396 g/mol. The molecule has 2 rings (SSSR count). The number of hydrogen-bond donors (Lipinski definition) is 2. The second-order valence-corrected chi connectivity index (χ2v) is 5.98. The number of hydrogen-bond acceptors (Lipinski definition) is 4. The van der Waals surface area contributed by atoms with Crippen molar-refractivity contribution in [1.29, 1.82) is 0 Å². The predicted octanol–water partition coefficient (Wildman–Crippen LogP) is 4.49. The van der Waals surface area contributed by atoms with Crippen molar-refractivity contribution in [3.63, 3.8) is 0 Å². The van der Waals surface area contributed by atoms with Crippen LogP contribution >= 0.6 is 35.4 Å². The summed E-state index contributed by atoms with van der Waals surface area (Å²) in [5, 5.41) is 8.22. The molecule has 130 valence electrons. The van der Waals surface area contributed by atoms with Gasteiger partial charge in [-0.25, -0.2) is 4.79 Å². The monoisotopic (exact) mass is 395 g/mol. The van der Waals surface area contributed by atoms with Crippen LogP contribution in [0.5, 0.6) is 0 Å². The van der Waals surface area contributed by atoms with Crippen molar-refractivity contribution in [1.82, 2.24) is 5.43 Å². The van der Waals surface area contributed by atoms with E-state index in [-0.39, 0.29) is 11.1 Å². The average Bonchev–Trinajstić information content (AvgIpc) is 2.58. The summed E-state index contributed by atoms with van der Waals surface area (Å²) in [7, 11) is 0. The van der Waals surface area contributed by atoms with E-state index in [0.717, 1.165) is 0 Å². The second kappa shape index (κ2) is 9.36. The fourth-order valence-corrected chi connectivity index (χ4v) is 2.52. The molecule has 2 N–H and O–H groups in total. The standard InChI is InChI=1S/C17H15Cl2N3O2S/c1-2-24-16(23)11-6-8-12(9-7-11)21-17(25)22-20-10-13-14(18)4-3-5-15(13)19/h3-10H,2H2,1H3,(H2,21,22,25). The van der Waals surface area contributed by atoms with Crippen LogP contribution in [0.25, 0.3) is 0 Å². The third-order valence-corrected chi connectivity index (χ3v) is 3.87. The van der Waals surface area contributed by atoms with E-state index in [1.807, 2.05) is 0 Å². The smallest absolute Gasteiger partial charge is 0.338 e. The first-order chi connectivity index (χ1) is 12.0. The molecule has 2 aromatic rings. The Hall–Kier alpha value is -2.15. The van der Waals surface area contributed by atoms with Crippen LogP contribution in [0.4, 0.5) is 5.69 Å². The number of rotatable bonds is 5. The molecule has 0 aliphatic heterocycles. The maximum atomic E-state index is 11.6. The first-order valence-corrected chi connectivity index (χ1v) is 8.49. The molecule has 0 amide bonds. The summed E-state index contributed by atoms with van der Waals surface area (Å²) in [6.45, 7) is 2.09. The van der Waals surface area contributed by atoms with Gasteiger partial charge in [0.15, 0.2) is 5.11 Å². The summed E-state index contributed by atoms with van der Waals surface area (Å²) in [5.74, 6) is -0.365. The highest BCUT2D eigenvalue weighted by Gasteiger charge is 2.06. The first-order valence-electron chi connectivity index (χ1n) is 7.32. The van der Waals surface area contributed by atoms with E-state index >= 15 is 0 Å². The molecule has 2 aromatic carbocycles. The van der Waals surface area contributed by atoms with E-state index in [1.165, 1.54) is 6.21 Å². The number of hydrazone groups is 1. The fraction of sp³-hybridized carbons (Fsp3) is 0.118. The van der Waals surface area contributed by atoms with E-state index in [0.29, 0.717) is 33.5 Å². The molecule has 0 saturated heterocycles. The van der Waals surface area contributed by atoms with Gasteiger partial charge in [0, 0.05) is 11.3 Å². The molecule has 0 atom stereocenters. The SMILES string of the molecule is CCOC(=O)c1ccc(NC(=S)NN=Cc2c(Cl)cccc2Cl)cc1. The largest absolute Gasteiger partial charge is 0.462 e. The highest BCUT2D eigenvalue weighted by molar-refractivity contribution is 7.80. The lowest BCUT2D eigenvalue weighted by Gasteiger charge is -2.08. The first kappa shape index (κ1) is 19.2. The van der Waals surface area contributed by atoms with Gasteiger partial charge < -0.3 is 10.1 Å². The van der Waals surface area contributed by atoms with Crippen LogP contribution in [0.1, 0.15) is 22.8 Å². The minimum Gasteiger partial charge on any atom is -0.462 e. The van der Waals surface area contributed by atoms with E-state index in [4.69, 9.17) is 40.2 Å². The summed E-state index contributed by atoms with van der Waals surface area (Å²) in [4.78, 5) is 11.6. The molecule has 0 heterocycles. The van der Waals surface area contributed by atoms with Crippen molar-refractivity contribution >= 4 is 58.4 Å². The second-order valence-electron chi connectivity index (χ2n) is 4.76. The van der Waals surface area contributed by atoms with Crippen LogP contribution in [0, 0.1) is 0 Å². The number of carbonyl (C=O) groups excluding carboxylic acids is 1. The minimum absolute atomic E-state index is 0.281. The number of esters is 1. The number of ether oxygens (including phenoxy) is 1. The van der Waals surface area contributed by atoms with Crippen LogP contribution in [0.3, 0.4) is 0 Å². The lowest BCUT2D eigenvalue weighted by atomic mass is 10.2. The Labute approximate surface area is 161 Å². The maximum Gasteiger partial charge on any atom is 0.338 e. The minimum atomic E-state index is -0.365. The number of benzene rings is 2. The Balaban J connectivity index is 1.92. The van der Waals surface area contributed by atoms with Crippen LogP contribution in [0.15, 0.2) is 47.6 Å². The molecule has 0 radical (unpaired) electrons. The van der Waals surface area contributed by atoms with E-state index in [9.17, 15) is 4.79 Å². The third kappa shape index (κ3) is 5.70. The molecule has 0 fully saturated rings. The molecule has 0 saturated carbocycles. The molecule has 0 aromatic heterocycles. The van der Waals surface area contributed by atoms with Crippen LogP contribution < -0.4 is 10.7 Å². The van der Waals surface area contributed by atoms with E-state index in [2.05, 4.69) is 15.8 Å². The molecule has 0 aliphatic rings. The van der Waals surface area contributed by atoms with Crippen molar-refractivity contribution in [3.05, 3.63) is 63.6 Å². The number of nitrogens with one attached hydrogen (secondary N) is 2. The van der Waals surface area contributed by atoms with Gasteiger partial charge in [0.2, 0.25) is 0 Å². The summed E-state index contributed by atoms with van der Waals surface area (Å²) >= 11 is 17.2. The van der Waals surface area contributed by atoms with Gasteiger partial charge in [-0.15, -0.1) is 0 Å². The Morgan fingerprint density at radius 1 is 1.20 bits per heavy atom. The number of carbonyl (C=O) groups is 1. The van der Waals surface area contributed by atoms with E-state index < -0.39 is 0 Å². The molecule has 0 unspecified atom stereocenters. The molecular weight excluding hydrogens is 381 g/mol. The molecule has 8 heteroatoms. The van der Waals surface area contributed by atoms with Gasteiger partial charge in [-0.3, -0.25) is 5.43 Å².